The summed E-state index contributed by atoms with van der Waals surface area (Å²) in [6.45, 7) is 0. The fraction of sp³-hybridized carbons (Fsp3) is 0.0500. The second-order valence-electron chi connectivity index (χ2n) is 5.41. The lowest BCUT2D eigenvalue weighted by Gasteiger charge is -2.02. The number of para-hydroxylation sites is 1. The zero-order chi connectivity index (χ0) is 15.6. The summed E-state index contributed by atoms with van der Waals surface area (Å²) in [5.74, 6) is 0. The molecular formula is C20H16NS2+. The molecule has 3 aromatic rings. The van der Waals surface area contributed by atoms with E-state index in [-0.39, 0.29) is 0 Å². The standard InChI is InChI=1S/C20H16NS2/c1-21-17(12-11-15-7-5-6-10-18(15)21)13-20-22-14-19(23-20)16-8-3-2-4-9-16/h2-14H,1H3/q+1/b20-13-. The van der Waals surface area contributed by atoms with E-state index in [4.69, 9.17) is 0 Å². The van der Waals surface area contributed by atoms with Gasteiger partial charge in [0.25, 0.3) is 0 Å². The molecule has 0 fully saturated rings. The number of benzene rings is 2. The van der Waals surface area contributed by atoms with Crippen LogP contribution in [0, 0.1) is 0 Å². The minimum absolute atomic E-state index is 1.22. The lowest BCUT2D eigenvalue weighted by atomic mass is 10.2. The minimum atomic E-state index is 1.22. The van der Waals surface area contributed by atoms with E-state index in [1.807, 2.05) is 11.8 Å². The maximum Gasteiger partial charge on any atom is 0.212 e. The van der Waals surface area contributed by atoms with E-state index >= 15 is 0 Å². The molecule has 0 bridgehead atoms. The first-order valence-corrected chi connectivity index (χ1v) is 9.20. The molecule has 2 aromatic carbocycles. The molecule has 0 atom stereocenters. The van der Waals surface area contributed by atoms with E-state index in [0.29, 0.717) is 0 Å². The van der Waals surface area contributed by atoms with Gasteiger partial charge in [-0.2, -0.15) is 4.57 Å². The number of aromatic nitrogens is 1. The highest BCUT2D eigenvalue weighted by molar-refractivity contribution is 8.31. The van der Waals surface area contributed by atoms with Gasteiger partial charge in [0.2, 0.25) is 11.2 Å². The highest BCUT2D eigenvalue weighted by Crippen LogP contribution is 2.48. The number of rotatable bonds is 2. The van der Waals surface area contributed by atoms with E-state index in [1.165, 1.54) is 31.3 Å². The Labute approximate surface area is 144 Å². The third-order valence-electron chi connectivity index (χ3n) is 3.94. The maximum atomic E-state index is 2.27. The molecule has 1 aliphatic rings. The van der Waals surface area contributed by atoms with Crippen molar-refractivity contribution in [2.45, 2.75) is 0 Å². The van der Waals surface area contributed by atoms with Crippen LogP contribution in [0.25, 0.3) is 21.9 Å². The van der Waals surface area contributed by atoms with Crippen molar-refractivity contribution in [3.63, 3.8) is 0 Å². The Balaban J connectivity index is 1.64. The van der Waals surface area contributed by atoms with Crippen LogP contribution >= 0.6 is 23.5 Å². The number of hydrogen-bond acceptors (Lipinski definition) is 2. The van der Waals surface area contributed by atoms with Crippen molar-refractivity contribution in [3.8, 4) is 0 Å². The summed E-state index contributed by atoms with van der Waals surface area (Å²) >= 11 is 3.65. The van der Waals surface area contributed by atoms with Crippen LogP contribution in [-0.4, -0.2) is 0 Å². The molecule has 4 rings (SSSR count). The number of aryl methyl sites for hydroxylation is 1. The van der Waals surface area contributed by atoms with Crippen LogP contribution in [-0.2, 0) is 7.05 Å². The second-order valence-corrected chi connectivity index (χ2v) is 7.66. The number of thioether (sulfide) groups is 2. The van der Waals surface area contributed by atoms with Crippen LogP contribution in [0.1, 0.15) is 11.3 Å². The number of pyridine rings is 1. The molecule has 2 heterocycles. The van der Waals surface area contributed by atoms with Crippen molar-refractivity contribution in [1.82, 2.24) is 0 Å². The monoisotopic (exact) mass is 334 g/mol. The lowest BCUT2D eigenvalue weighted by molar-refractivity contribution is -0.646. The summed E-state index contributed by atoms with van der Waals surface area (Å²) in [5, 5.41) is 3.51. The number of fused-ring (bicyclic) bond motifs is 1. The van der Waals surface area contributed by atoms with Crippen molar-refractivity contribution in [2.24, 2.45) is 7.05 Å². The van der Waals surface area contributed by atoms with Crippen LogP contribution in [0.3, 0.4) is 0 Å². The first-order valence-electron chi connectivity index (χ1n) is 7.51. The van der Waals surface area contributed by atoms with Crippen LogP contribution in [0.4, 0.5) is 0 Å². The average molecular weight is 334 g/mol. The summed E-state index contributed by atoms with van der Waals surface area (Å²) < 4.78 is 3.57. The molecule has 0 aliphatic carbocycles. The predicted octanol–water partition coefficient (Wildman–Crippen LogP) is 5.44. The molecule has 112 valence electrons. The van der Waals surface area contributed by atoms with Gasteiger partial charge in [-0.05, 0) is 23.1 Å². The van der Waals surface area contributed by atoms with Gasteiger partial charge in [-0.3, -0.25) is 0 Å². The van der Waals surface area contributed by atoms with Crippen molar-refractivity contribution < 1.29 is 4.57 Å². The molecule has 0 saturated carbocycles. The Morgan fingerprint density at radius 1 is 0.870 bits per heavy atom. The van der Waals surface area contributed by atoms with Crippen LogP contribution in [0.15, 0.2) is 76.4 Å². The Kier molecular flexibility index (Phi) is 3.98. The maximum absolute atomic E-state index is 2.27. The van der Waals surface area contributed by atoms with Gasteiger partial charge in [-0.25, -0.2) is 0 Å². The Hall–Kier alpha value is -1.97. The van der Waals surface area contributed by atoms with E-state index in [0.717, 1.165) is 0 Å². The van der Waals surface area contributed by atoms with Gasteiger partial charge in [-0.1, -0.05) is 66.0 Å². The SMILES string of the molecule is C[n+]1c(/C=C2/SC=C(c3ccccc3)S2)ccc2ccccc21. The van der Waals surface area contributed by atoms with Crippen LogP contribution < -0.4 is 4.57 Å². The normalized spacial score (nSPS) is 16.0. The van der Waals surface area contributed by atoms with Gasteiger partial charge < -0.3 is 0 Å². The van der Waals surface area contributed by atoms with Gasteiger partial charge in [-0.15, -0.1) is 0 Å². The van der Waals surface area contributed by atoms with Gasteiger partial charge in [0, 0.05) is 28.5 Å². The fourth-order valence-electron chi connectivity index (χ4n) is 2.69. The predicted molar refractivity (Wildman–Crippen MR) is 103 cm³/mol. The highest BCUT2D eigenvalue weighted by Gasteiger charge is 2.16. The topological polar surface area (TPSA) is 3.88 Å². The fourth-order valence-corrected chi connectivity index (χ4v) is 4.83. The summed E-state index contributed by atoms with van der Waals surface area (Å²) in [4.78, 5) is 1.32. The first kappa shape index (κ1) is 14.6. The molecule has 0 amide bonds. The third-order valence-corrected chi connectivity index (χ3v) is 6.22. The van der Waals surface area contributed by atoms with Gasteiger partial charge >= 0.3 is 0 Å². The smallest absolute Gasteiger partial charge is 0.195 e. The second kappa shape index (κ2) is 6.26. The number of nitrogens with zero attached hydrogens (tertiary/aromatic N) is 1. The van der Waals surface area contributed by atoms with Crippen molar-refractivity contribution in [1.29, 1.82) is 0 Å². The lowest BCUT2D eigenvalue weighted by Crippen LogP contribution is -2.32. The first-order chi connectivity index (χ1) is 11.3. The van der Waals surface area contributed by atoms with E-state index in [1.54, 1.807) is 11.8 Å². The van der Waals surface area contributed by atoms with E-state index in [2.05, 4.69) is 89.8 Å². The van der Waals surface area contributed by atoms with Crippen molar-refractivity contribution in [2.75, 3.05) is 0 Å². The Morgan fingerprint density at radius 3 is 2.52 bits per heavy atom. The molecule has 23 heavy (non-hydrogen) atoms. The van der Waals surface area contributed by atoms with Gasteiger partial charge in [0.1, 0.15) is 7.05 Å². The quantitative estimate of drug-likeness (QED) is 0.574. The minimum Gasteiger partial charge on any atom is -0.195 e. The Morgan fingerprint density at radius 2 is 1.65 bits per heavy atom. The summed E-state index contributed by atoms with van der Waals surface area (Å²) in [6, 6.07) is 23.4. The highest BCUT2D eigenvalue weighted by atomic mass is 32.2. The molecule has 1 nitrogen and oxygen atoms in total. The molecule has 0 N–H and O–H groups in total. The molecule has 0 unspecified atom stereocenters. The molecular weight excluding hydrogens is 318 g/mol. The summed E-state index contributed by atoms with van der Waals surface area (Å²) in [5.41, 5.74) is 3.77. The van der Waals surface area contributed by atoms with Gasteiger partial charge in [0.05, 0.1) is 4.24 Å². The Bertz CT molecular complexity index is 927. The average Bonchev–Trinajstić information content (AvgIpc) is 3.07. The zero-order valence-electron chi connectivity index (χ0n) is 12.8. The van der Waals surface area contributed by atoms with Gasteiger partial charge in [0.15, 0.2) is 0 Å². The van der Waals surface area contributed by atoms with E-state index in [9.17, 15) is 0 Å². The number of hydrogen-bond donors (Lipinski definition) is 0. The largest absolute Gasteiger partial charge is 0.212 e. The molecule has 3 heteroatoms. The van der Waals surface area contributed by atoms with Crippen molar-refractivity contribution >= 4 is 45.4 Å². The van der Waals surface area contributed by atoms with E-state index < -0.39 is 0 Å². The summed E-state index contributed by atoms with van der Waals surface area (Å²) in [6.07, 6.45) is 2.27. The molecule has 1 aromatic heterocycles. The van der Waals surface area contributed by atoms with Crippen LogP contribution in [0.2, 0.25) is 0 Å². The molecule has 0 saturated heterocycles. The molecule has 1 aliphatic heterocycles. The third kappa shape index (κ3) is 2.94. The zero-order valence-corrected chi connectivity index (χ0v) is 14.4. The summed E-state index contributed by atoms with van der Waals surface area (Å²) in [7, 11) is 2.13. The van der Waals surface area contributed by atoms with Crippen LogP contribution in [0.5, 0.6) is 0 Å². The van der Waals surface area contributed by atoms with Crippen molar-refractivity contribution in [3.05, 3.63) is 87.6 Å². The molecule has 0 spiro atoms. The molecule has 0 radical (unpaired) electrons.